The number of benzene rings is 1. The van der Waals surface area contributed by atoms with Crippen molar-refractivity contribution in [3.05, 3.63) is 23.5 Å². The van der Waals surface area contributed by atoms with Crippen LogP contribution in [-0.4, -0.2) is 12.7 Å². The zero-order valence-corrected chi connectivity index (χ0v) is 13.1. The summed E-state index contributed by atoms with van der Waals surface area (Å²) in [6, 6.07) is 2.67. The Bertz CT molecular complexity index is 505. The van der Waals surface area contributed by atoms with Crippen LogP contribution in [0.2, 0.25) is 0 Å². The lowest BCUT2D eigenvalue weighted by Crippen LogP contribution is -2.17. The number of unbranched alkanes of at least 4 members (excludes halogenated alkanes) is 5. The molecule has 0 bridgehead atoms. The summed E-state index contributed by atoms with van der Waals surface area (Å²) in [6.07, 6.45) is 7.22. The first kappa shape index (κ1) is 16.7. The molecule has 1 heterocycles. The van der Waals surface area contributed by atoms with Gasteiger partial charge in [0.05, 0.1) is 12.3 Å². The third-order valence-electron chi connectivity index (χ3n) is 3.71. The molecule has 5 heteroatoms. The quantitative estimate of drug-likeness (QED) is 0.725. The van der Waals surface area contributed by atoms with Crippen LogP contribution in [0.4, 0.5) is 10.1 Å². The zero-order valence-electron chi connectivity index (χ0n) is 13.1. The molecule has 122 valence electrons. The average molecular weight is 309 g/mol. The predicted molar refractivity (Wildman–Crippen MR) is 83.3 cm³/mol. The molecule has 0 fully saturated rings. The maximum Gasteiger partial charge on any atom is 0.224 e. The smallest absolute Gasteiger partial charge is 0.224 e. The van der Waals surface area contributed by atoms with Gasteiger partial charge in [-0.25, -0.2) is 4.39 Å². The Labute approximate surface area is 131 Å². The Hall–Kier alpha value is -1.62. The van der Waals surface area contributed by atoms with Gasteiger partial charge in [0.15, 0.2) is 12.5 Å². The van der Waals surface area contributed by atoms with Gasteiger partial charge in [-0.1, -0.05) is 39.0 Å². The van der Waals surface area contributed by atoms with Crippen molar-refractivity contribution < 1.29 is 18.7 Å². The average Bonchev–Trinajstić information content (AvgIpc) is 2.50. The fourth-order valence-electron chi connectivity index (χ4n) is 2.55. The molecule has 1 aromatic rings. The summed E-state index contributed by atoms with van der Waals surface area (Å²) in [7, 11) is 0. The van der Waals surface area contributed by atoms with Crippen LogP contribution in [0.1, 0.15) is 57.4 Å². The van der Waals surface area contributed by atoms with Crippen LogP contribution in [0.5, 0.6) is 5.75 Å². The van der Waals surface area contributed by atoms with Crippen molar-refractivity contribution in [1.29, 1.82) is 0 Å². The molecule has 1 aliphatic rings. The number of amides is 1. The zero-order chi connectivity index (χ0) is 15.8. The first-order valence-electron chi connectivity index (χ1n) is 8.03. The van der Waals surface area contributed by atoms with E-state index in [2.05, 4.69) is 12.2 Å². The van der Waals surface area contributed by atoms with Gasteiger partial charge in [-0.2, -0.15) is 0 Å². The molecule has 2 rings (SSSR count). The molecule has 4 nitrogen and oxygen atoms in total. The second-order valence-electron chi connectivity index (χ2n) is 5.62. The largest absolute Gasteiger partial charge is 0.465 e. The number of rotatable bonds is 8. The molecule has 0 aliphatic carbocycles. The lowest BCUT2D eigenvalue weighted by Gasteiger charge is -2.21. The monoisotopic (exact) mass is 309 g/mol. The van der Waals surface area contributed by atoms with Crippen molar-refractivity contribution >= 4 is 11.6 Å². The highest BCUT2D eigenvalue weighted by atomic mass is 19.1. The molecule has 1 amide bonds. The molecule has 0 radical (unpaired) electrons. The van der Waals surface area contributed by atoms with E-state index in [4.69, 9.17) is 9.47 Å². The highest BCUT2D eigenvalue weighted by Gasteiger charge is 2.18. The van der Waals surface area contributed by atoms with E-state index in [0.717, 1.165) is 19.3 Å². The number of carbonyl (C=O) groups excluding carboxylic acids is 1. The minimum absolute atomic E-state index is 0.0987. The van der Waals surface area contributed by atoms with Crippen LogP contribution in [0.25, 0.3) is 0 Å². The van der Waals surface area contributed by atoms with E-state index in [1.165, 1.54) is 31.4 Å². The summed E-state index contributed by atoms with van der Waals surface area (Å²) in [5, 5.41) is 2.75. The molecule has 22 heavy (non-hydrogen) atoms. The van der Waals surface area contributed by atoms with Crippen molar-refractivity contribution in [2.75, 3.05) is 12.1 Å². The minimum Gasteiger partial charge on any atom is -0.465 e. The summed E-state index contributed by atoms with van der Waals surface area (Å²) < 4.78 is 24.1. The number of anilines is 1. The fraction of sp³-hybridized carbons (Fsp3) is 0.588. The van der Waals surface area contributed by atoms with Crippen LogP contribution in [0.3, 0.4) is 0 Å². The van der Waals surface area contributed by atoms with Crippen LogP contribution >= 0.6 is 0 Å². The molecule has 0 atom stereocenters. The molecule has 0 aromatic heterocycles. The second kappa shape index (κ2) is 8.73. The van der Waals surface area contributed by atoms with Crippen LogP contribution < -0.4 is 10.1 Å². The van der Waals surface area contributed by atoms with E-state index in [-0.39, 0.29) is 12.7 Å². The number of nitrogens with one attached hydrogen (secondary N) is 1. The number of ether oxygens (including phenoxy) is 2. The molecule has 1 aliphatic heterocycles. The summed E-state index contributed by atoms with van der Waals surface area (Å²) in [5.74, 6) is 0.0186. The van der Waals surface area contributed by atoms with Crippen molar-refractivity contribution in [3.8, 4) is 5.75 Å². The van der Waals surface area contributed by atoms with Gasteiger partial charge < -0.3 is 14.8 Å². The standard InChI is InChI=1S/C17H24FNO3/c1-2-3-4-5-6-7-8-16(20)19-15-10-14(18)9-13-11-21-12-22-17(13)15/h9-10H,2-8,11-12H2,1H3,(H,19,20). The van der Waals surface area contributed by atoms with Gasteiger partial charge in [0.25, 0.3) is 0 Å². The van der Waals surface area contributed by atoms with Gasteiger partial charge in [0.2, 0.25) is 5.91 Å². The SMILES string of the molecule is CCCCCCCCC(=O)Nc1cc(F)cc2c1OCOC2. The van der Waals surface area contributed by atoms with Crippen molar-refractivity contribution in [2.45, 2.75) is 58.5 Å². The highest BCUT2D eigenvalue weighted by molar-refractivity contribution is 5.92. The molecule has 1 aromatic carbocycles. The molecule has 0 saturated carbocycles. The molecule has 0 saturated heterocycles. The topological polar surface area (TPSA) is 47.6 Å². The maximum absolute atomic E-state index is 13.6. The highest BCUT2D eigenvalue weighted by Crippen LogP contribution is 2.33. The Balaban J connectivity index is 1.82. The van der Waals surface area contributed by atoms with Gasteiger partial charge >= 0.3 is 0 Å². The first-order valence-corrected chi connectivity index (χ1v) is 8.03. The van der Waals surface area contributed by atoms with Gasteiger partial charge in [-0.3, -0.25) is 4.79 Å². The molecule has 0 unspecified atom stereocenters. The lowest BCUT2D eigenvalue weighted by molar-refractivity contribution is -0.116. The van der Waals surface area contributed by atoms with Crippen LogP contribution in [0.15, 0.2) is 12.1 Å². The van der Waals surface area contributed by atoms with E-state index in [9.17, 15) is 9.18 Å². The predicted octanol–water partition coefficient (Wildman–Crippen LogP) is 4.38. The normalized spacial score (nSPS) is 13.4. The van der Waals surface area contributed by atoms with Gasteiger partial charge in [-0.15, -0.1) is 0 Å². The number of hydrogen-bond acceptors (Lipinski definition) is 3. The van der Waals surface area contributed by atoms with Crippen LogP contribution in [0, 0.1) is 5.82 Å². The Kier molecular flexibility index (Phi) is 6.65. The van der Waals surface area contributed by atoms with Crippen LogP contribution in [-0.2, 0) is 16.1 Å². The van der Waals surface area contributed by atoms with E-state index < -0.39 is 5.82 Å². The summed E-state index contributed by atoms with van der Waals surface area (Å²) in [4.78, 5) is 12.0. The number of halogens is 1. The molecular weight excluding hydrogens is 285 g/mol. The molecule has 0 spiro atoms. The number of carbonyl (C=O) groups is 1. The Morgan fingerprint density at radius 2 is 2.00 bits per heavy atom. The van der Waals surface area contributed by atoms with Gasteiger partial charge in [-0.05, 0) is 12.5 Å². The van der Waals surface area contributed by atoms with E-state index >= 15 is 0 Å². The third kappa shape index (κ3) is 4.98. The third-order valence-corrected chi connectivity index (χ3v) is 3.71. The van der Waals surface area contributed by atoms with E-state index in [0.29, 0.717) is 30.0 Å². The molecule has 1 N–H and O–H groups in total. The number of hydrogen-bond donors (Lipinski definition) is 1. The van der Waals surface area contributed by atoms with Crippen molar-refractivity contribution in [3.63, 3.8) is 0 Å². The van der Waals surface area contributed by atoms with E-state index in [1.54, 1.807) is 0 Å². The fourth-order valence-corrected chi connectivity index (χ4v) is 2.55. The van der Waals surface area contributed by atoms with Crippen molar-refractivity contribution in [1.82, 2.24) is 0 Å². The van der Waals surface area contributed by atoms with Gasteiger partial charge in [0.1, 0.15) is 5.82 Å². The van der Waals surface area contributed by atoms with E-state index in [1.807, 2.05) is 0 Å². The summed E-state index contributed by atoms with van der Waals surface area (Å²) >= 11 is 0. The Morgan fingerprint density at radius 1 is 1.23 bits per heavy atom. The van der Waals surface area contributed by atoms with Gasteiger partial charge in [0, 0.05) is 18.1 Å². The summed E-state index contributed by atoms with van der Waals surface area (Å²) in [6.45, 7) is 2.60. The Morgan fingerprint density at radius 3 is 2.82 bits per heavy atom. The molecular formula is C17H24FNO3. The summed E-state index contributed by atoms with van der Waals surface area (Å²) in [5.41, 5.74) is 1.02. The maximum atomic E-state index is 13.6. The number of fused-ring (bicyclic) bond motifs is 1. The minimum atomic E-state index is -0.400. The lowest BCUT2D eigenvalue weighted by atomic mass is 10.1. The second-order valence-corrected chi connectivity index (χ2v) is 5.62. The first-order chi connectivity index (χ1) is 10.7. The van der Waals surface area contributed by atoms with Crippen molar-refractivity contribution in [2.24, 2.45) is 0 Å².